The number of rotatable bonds is 12. The van der Waals surface area contributed by atoms with Gasteiger partial charge in [-0.1, -0.05) is 39.7 Å². The zero-order valence-corrected chi connectivity index (χ0v) is 36.9. The number of piperidine rings is 2. The first kappa shape index (κ1) is 42.6. The Balaban J connectivity index is 0.708. The monoisotopic (exact) mass is 853 g/mol. The van der Waals surface area contributed by atoms with Gasteiger partial charge in [0.05, 0.1) is 19.2 Å². The third-order valence-corrected chi connectivity index (χ3v) is 14.7. The Morgan fingerprint density at radius 2 is 1.68 bits per heavy atom. The molecule has 6 aliphatic rings. The quantitative estimate of drug-likeness (QED) is 0.160. The van der Waals surface area contributed by atoms with Crippen molar-refractivity contribution in [1.29, 1.82) is 5.26 Å². The Morgan fingerprint density at radius 1 is 0.905 bits per heavy atom. The van der Waals surface area contributed by atoms with E-state index in [0.717, 1.165) is 129 Å². The Bertz CT molecular complexity index is 2430. The van der Waals surface area contributed by atoms with Crippen molar-refractivity contribution in [3.63, 3.8) is 0 Å². The van der Waals surface area contributed by atoms with Crippen LogP contribution in [-0.4, -0.2) is 107 Å². The molecule has 2 aromatic carbocycles. The predicted octanol–water partition coefficient (Wildman–Crippen LogP) is 6.20. The van der Waals surface area contributed by atoms with Gasteiger partial charge in [-0.05, 0) is 98.4 Å². The molecule has 3 saturated heterocycles. The number of allylic oxidation sites excluding steroid dienone is 1. The van der Waals surface area contributed by atoms with E-state index in [9.17, 15) is 29.2 Å². The summed E-state index contributed by atoms with van der Waals surface area (Å²) in [6.07, 6.45) is 10.9. The van der Waals surface area contributed by atoms with Crippen molar-refractivity contribution in [3.8, 4) is 11.8 Å². The molecule has 3 fully saturated rings. The van der Waals surface area contributed by atoms with Crippen LogP contribution < -0.4 is 15.0 Å². The van der Waals surface area contributed by atoms with Crippen LogP contribution in [0.25, 0.3) is 6.08 Å². The maximum absolute atomic E-state index is 14.2. The van der Waals surface area contributed by atoms with E-state index in [0.29, 0.717) is 49.6 Å². The molecule has 5 heterocycles. The SMILES string of the molecule is CCc1cc2c(cc1N1CCC(N3CCN(C(=O)CCCCCCOc4cccc5c4CN(C4CCC(=O)NC4=O)C5=O)CC3)CC1)C(C)(C)c1[nH]c3c(c1C2=O)CCC(C#N)=C3. The van der Waals surface area contributed by atoms with Gasteiger partial charge in [-0.2, -0.15) is 5.26 Å². The lowest BCUT2D eigenvalue weighted by Crippen LogP contribution is -2.54. The summed E-state index contributed by atoms with van der Waals surface area (Å²) >= 11 is 0. The minimum absolute atomic E-state index is 0.0986. The Hall–Kier alpha value is -5.74. The van der Waals surface area contributed by atoms with Gasteiger partial charge in [0.15, 0.2) is 5.78 Å². The molecule has 9 rings (SSSR count). The van der Waals surface area contributed by atoms with E-state index in [4.69, 9.17) is 4.74 Å². The van der Waals surface area contributed by atoms with E-state index in [2.05, 4.69) is 59.1 Å². The number of nitrogens with zero attached hydrogens (tertiary/aromatic N) is 5. The molecule has 0 radical (unpaired) electrons. The number of aromatic amines is 1. The summed E-state index contributed by atoms with van der Waals surface area (Å²) in [5.74, 6) is 0.0587. The number of fused-ring (bicyclic) bond motifs is 5. The molecule has 1 aromatic heterocycles. The fourth-order valence-corrected chi connectivity index (χ4v) is 11.0. The maximum Gasteiger partial charge on any atom is 0.255 e. The predicted molar refractivity (Wildman–Crippen MR) is 239 cm³/mol. The second-order valence-corrected chi connectivity index (χ2v) is 18.7. The molecule has 4 amide bonds. The van der Waals surface area contributed by atoms with Gasteiger partial charge in [-0.25, -0.2) is 0 Å². The van der Waals surface area contributed by atoms with Crippen LogP contribution in [-0.2, 0) is 39.2 Å². The number of hydrogen-bond donors (Lipinski definition) is 2. The van der Waals surface area contributed by atoms with Crippen LogP contribution in [0.5, 0.6) is 5.75 Å². The number of ether oxygens (including phenoxy) is 1. The summed E-state index contributed by atoms with van der Waals surface area (Å²) in [5.41, 5.74) is 9.77. The zero-order chi connectivity index (χ0) is 44.0. The molecule has 3 aromatic rings. The second kappa shape index (κ2) is 17.4. The number of anilines is 1. The lowest BCUT2D eigenvalue weighted by atomic mass is 9.70. The molecule has 1 unspecified atom stereocenters. The van der Waals surface area contributed by atoms with E-state index in [1.807, 2.05) is 17.0 Å². The number of unbranched alkanes of at least 4 members (excludes halogenated alkanes) is 3. The highest BCUT2D eigenvalue weighted by Gasteiger charge is 2.43. The van der Waals surface area contributed by atoms with Gasteiger partial charge < -0.3 is 24.4 Å². The van der Waals surface area contributed by atoms with Crippen molar-refractivity contribution in [2.45, 2.75) is 122 Å². The lowest BCUT2D eigenvalue weighted by Gasteiger charge is -2.44. The van der Waals surface area contributed by atoms with Crippen molar-refractivity contribution in [2.24, 2.45) is 0 Å². The number of nitriles is 1. The highest BCUT2D eigenvalue weighted by molar-refractivity contribution is 6.15. The standard InChI is InChI=1S/C50H59N7O6/c1-4-32-27-36-38(50(2,3)47-45(46(36)60)35-14-13-31(29-51)26-39(35)52-47)28-41(32)55-19-17-33(18-20-55)54-21-23-56(24-22-54)44(59)12-7-5-6-8-25-63-42-11-9-10-34-37(42)30-57(49(34)62)40-15-16-43(58)53-48(40)61/h9-11,26-28,33,40,52H,4-8,12-25,30H2,1-3H3,(H,53,58,61). The molecule has 0 spiro atoms. The second-order valence-electron chi connectivity index (χ2n) is 18.7. The number of carbonyl (C=O) groups is 5. The molecule has 4 aliphatic heterocycles. The minimum Gasteiger partial charge on any atom is -0.493 e. The molecule has 63 heavy (non-hydrogen) atoms. The fourth-order valence-electron chi connectivity index (χ4n) is 11.0. The summed E-state index contributed by atoms with van der Waals surface area (Å²) in [6, 6.07) is 12.0. The molecule has 0 bridgehead atoms. The van der Waals surface area contributed by atoms with Crippen molar-refractivity contribution in [3.05, 3.63) is 86.2 Å². The Kier molecular flexibility index (Phi) is 11.8. The van der Waals surface area contributed by atoms with Gasteiger partial charge in [0, 0.05) is 108 Å². The molecule has 13 heteroatoms. The first-order valence-corrected chi connectivity index (χ1v) is 23.2. The normalized spacial score (nSPS) is 21.0. The summed E-state index contributed by atoms with van der Waals surface area (Å²) in [5, 5.41) is 11.9. The Morgan fingerprint density at radius 3 is 2.43 bits per heavy atom. The van der Waals surface area contributed by atoms with Gasteiger partial charge >= 0.3 is 0 Å². The number of imide groups is 1. The summed E-state index contributed by atoms with van der Waals surface area (Å²) in [7, 11) is 0. The Labute approximate surface area is 369 Å². The van der Waals surface area contributed by atoms with Crippen LogP contribution in [0.1, 0.15) is 145 Å². The van der Waals surface area contributed by atoms with Gasteiger partial charge in [0.25, 0.3) is 5.91 Å². The lowest BCUT2D eigenvalue weighted by molar-refractivity contribution is -0.137. The zero-order valence-electron chi connectivity index (χ0n) is 36.9. The fraction of sp³-hybridized carbons (Fsp3) is 0.520. The van der Waals surface area contributed by atoms with Crippen molar-refractivity contribution in [1.82, 2.24) is 25.0 Å². The number of benzene rings is 2. The third kappa shape index (κ3) is 7.96. The van der Waals surface area contributed by atoms with E-state index >= 15 is 0 Å². The van der Waals surface area contributed by atoms with Crippen LogP contribution in [0, 0.1) is 11.3 Å². The van der Waals surface area contributed by atoms with E-state index in [1.54, 1.807) is 17.0 Å². The number of H-pyrrole nitrogens is 1. The van der Waals surface area contributed by atoms with Gasteiger partial charge in [-0.15, -0.1) is 0 Å². The number of piperazine rings is 1. The van der Waals surface area contributed by atoms with Crippen molar-refractivity contribution < 1.29 is 28.7 Å². The minimum atomic E-state index is -0.654. The summed E-state index contributed by atoms with van der Waals surface area (Å²) in [4.78, 5) is 76.8. The van der Waals surface area contributed by atoms with Crippen LogP contribution in [0.4, 0.5) is 5.69 Å². The molecule has 330 valence electrons. The molecule has 1 atom stereocenters. The van der Waals surface area contributed by atoms with Crippen LogP contribution in [0.3, 0.4) is 0 Å². The van der Waals surface area contributed by atoms with Crippen molar-refractivity contribution in [2.75, 3.05) is 50.8 Å². The van der Waals surface area contributed by atoms with E-state index in [-0.39, 0.29) is 41.9 Å². The number of aromatic nitrogens is 1. The van der Waals surface area contributed by atoms with E-state index < -0.39 is 11.9 Å². The van der Waals surface area contributed by atoms with Crippen LogP contribution in [0.2, 0.25) is 0 Å². The molecular weight excluding hydrogens is 795 g/mol. The van der Waals surface area contributed by atoms with Crippen LogP contribution in [0.15, 0.2) is 35.9 Å². The first-order chi connectivity index (χ1) is 30.5. The summed E-state index contributed by atoms with van der Waals surface area (Å²) < 4.78 is 6.12. The molecular formula is C50H59N7O6. The topological polar surface area (TPSA) is 159 Å². The van der Waals surface area contributed by atoms with Gasteiger partial charge in [-0.3, -0.25) is 34.2 Å². The van der Waals surface area contributed by atoms with Crippen molar-refractivity contribution >= 4 is 41.2 Å². The molecule has 13 nitrogen and oxygen atoms in total. The third-order valence-electron chi connectivity index (χ3n) is 14.7. The number of hydrogen-bond acceptors (Lipinski definition) is 9. The average Bonchev–Trinajstić information content (AvgIpc) is 3.86. The average molecular weight is 854 g/mol. The highest BCUT2D eigenvalue weighted by Crippen LogP contribution is 2.47. The van der Waals surface area contributed by atoms with Gasteiger partial charge in [0.1, 0.15) is 11.8 Å². The number of carbonyl (C=O) groups excluding carboxylic acids is 5. The number of aryl methyl sites for hydroxylation is 1. The number of amides is 4. The van der Waals surface area contributed by atoms with Crippen LogP contribution >= 0.6 is 0 Å². The highest BCUT2D eigenvalue weighted by atomic mass is 16.5. The maximum atomic E-state index is 14.2. The molecule has 2 aliphatic carbocycles. The summed E-state index contributed by atoms with van der Waals surface area (Å²) in [6.45, 7) is 12.6. The number of ketones is 1. The van der Waals surface area contributed by atoms with Gasteiger partial charge in [0.2, 0.25) is 17.7 Å². The molecule has 0 saturated carbocycles. The molecule has 2 N–H and O–H groups in total. The first-order valence-electron chi connectivity index (χ1n) is 23.2. The number of nitrogens with one attached hydrogen (secondary N) is 2. The van der Waals surface area contributed by atoms with E-state index in [1.165, 1.54) is 11.3 Å². The largest absolute Gasteiger partial charge is 0.493 e. The smallest absolute Gasteiger partial charge is 0.255 e.